The number of rotatable bonds is 3. The van der Waals surface area contributed by atoms with Crippen LogP contribution in [0.15, 0.2) is 48.7 Å². The van der Waals surface area contributed by atoms with Crippen molar-refractivity contribution < 1.29 is 0 Å². The fraction of sp³-hybridized carbons (Fsp3) is 0.333. The third kappa shape index (κ3) is 3.21. The van der Waals surface area contributed by atoms with Crippen LogP contribution in [0.2, 0.25) is 0 Å². The van der Waals surface area contributed by atoms with E-state index in [9.17, 15) is 0 Å². The van der Waals surface area contributed by atoms with E-state index in [0.717, 1.165) is 62.6 Å². The third-order valence-electron chi connectivity index (χ3n) is 6.35. The zero-order valence-corrected chi connectivity index (χ0v) is 17.7. The summed E-state index contributed by atoms with van der Waals surface area (Å²) in [4.78, 5) is 19.0. The second-order valence-corrected chi connectivity index (χ2v) is 8.39. The molecule has 1 aliphatic heterocycles. The lowest BCUT2D eigenvalue weighted by atomic mass is 10.1. The molecule has 0 N–H and O–H groups in total. The van der Waals surface area contributed by atoms with Crippen molar-refractivity contribution in [3.63, 3.8) is 0 Å². The molecule has 0 atom stereocenters. The van der Waals surface area contributed by atoms with Crippen molar-refractivity contribution in [3.8, 4) is 11.4 Å². The minimum absolute atomic E-state index is 0.707. The van der Waals surface area contributed by atoms with Gasteiger partial charge in [-0.25, -0.2) is 9.97 Å². The standard InChI is InChI=1S/C24H25N7/c1-17-8-10-18(11-9-17)22-27-24-26-20-6-4-5-19(20)23(31(24)28-22)30-15-13-29(14-16-30)21-7-2-3-12-25-21/h2-3,7-12H,4-6,13-16H2,1H3. The van der Waals surface area contributed by atoms with Crippen molar-refractivity contribution >= 4 is 17.4 Å². The molecule has 1 aliphatic carbocycles. The number of benzene rings is 1. The van der Waals surface area contributed by atoms with E-state index in [1.54, 1.807) is 0 Å². The van der Waals surface area contributed by atoms with Gasteiger partial charge < -0.3 is 9.80 Å². The topological polar surface area (TPSA) is 62.5 Å². The second-order valence-electron chi connectivity index (χ2n) is 8.39. The van der Waals surface area contributed by atoms with Crippen LogP contribution >= 0.6 is 0 Å². The molecule has 0 spiro atoms. The molecule has 1 fully saturated rings. The molecule has 6 rings (SSSR count). The predicted octanol–water partition coefficient (Wildman–Crippen LogP) is 3.31. The normalized spacial score (nSPS) is 16.2. The van der Waals surface area contributed by atoms with E-state index in [0.29, 0.717) is 5.78 Å². The monoisotopic (exact) mass is 411 g/mol. The molecule has 4 heterocycles. The number of hydrogen-bond acceptors (Lipinski definition) is 6. The van der Waals surface area contributed by atoms with Gasteiger partial charge in [0.05, 0.1) is 5.69 Å². The summed E-state index contributed by atoms with van der Waals surface area (Å²) < 4.78 is 1.98. The van der Waals surface area contributed by atoms with Gasteiger partial charge in [-0.1, -0.05) is 35.9 Å². The Morgan fingerprint density at radius 2 is 1.65 bits per heavy atom. The molecule has 31 heavy (non-hydrogen) atoms. The molecule has 1 aromatic carbocycles. The first-order chi connectivity index (χ1) is 15.3. The Morgan fingerprint density at radius 3 is 2.42 bits per heavy atom. The van der Waals surface area contributed by atoms with Crippen LogP contribution in [0.1, 0.15) is 23.2 Å². The van der Waals surface area contributed by atoms with Gasteiger partial charge in [0.2, 0.25) is 0 Å². The van der Waals surface area contributed by atoms with Gasteiger partial charge in [0.25, 0.3) is 5.78 Å². The highest BCUT2D eigenvalue weighted by Gasteiger charge is 2.28. The van der Waals surface area contributed by atoms with Crippen LogP contribution in [0, 0.1) is 6.92 Å². The summed E-state index contributed by atoms with van der Waals surface area (Å²) in [5, 5.41) is 4.92. The third-order valence-corrected chi connectivity index (χ3v) is 6.35. The summed E-state index contributed by atoms with van der Waals surface area (Å²) in [5.41, 5.74) is 4.80. The first-order valence-corrected chi connectivity index (χ1v) is 11.0. The number of nitrogens with zero attached hydrogens (tertiary/aromatic N) is 7. The van der Waals surface area contributed by atoms with E-state index in [1.807, 2.05) is 16.8 Å². The fourth-order valence-electron chi connectivity index (χ4n) is 4.70. The largest absolute Gasteiger partial charge is 0.353 e. The minimum atomic E-state index is 0.707. The molecule has 0 bridgehead atoms. The maximum absolute atomic E-state index is 4.92. The van der Waals surface area contributed by atoms with E-state index in [1.165, 1.54) is 22.6 Å². The van der Waals surface area contributed by atoms with Gasteiger partial charge in [0, 0.05) is 43.5 Å². The summed E-state index contributed by atoms with van der Waals surface area (Å²) in [6.07, 6.45) is 5.11. The van der Waals surface area contributed by atoms with E-state index in [-0.39, 0.29) is 0 Å². The highest BCUT2D eigenvalue weighted by atomic mass is 15.4. The number of aromatic nitrogens is 5. The second kappa shape index (κ2) is 7.34. The Bertz CT molecular complexity index is 1220. The molecule has 0 unspecified atom stereocenters. The maximum atomic E-state index is 4.92. The average molecular weight is 412 g/mol. The fourth-order valence-corrected chi connectivity index (χ4v) is 4.70. The van der Waals surface area contributed by atoms with E-state index in [4.69, 9.17) is 15.1 Å². The highest BCUT2D eigenvalue weighted by molar-refractivity contribution is 5.62. The molecular formula is C24H25N7. The quantitative estimate of drug-likeness (QED) is 0.515. The Labute approximate surface area is 181 Å². The molecule has 0 amide bonds. The summed E-state index contributed by atoms with van der Waals surface area (Å²) >= 11 is 0. The number of piperazine rings is 1. The van der Waals surface area contributed by atoms with Gasteiger partial charge in [-0.3, -0.25) is 0 Å². The first kappa shape index (κ1) is 18.3. The lowest BCUT2D eigenvalue weighted by Gasteiger charge is -2.37. The number of pyridine rings is 1. The van der Waals surface area contributed by atoms with E-state index >= 15 is 0 Å². The molecule has 4 aromatic rings. The molecule has 7 nitrogen and oxygen atoms in total. The van der Waals surface area contributed by atoms with Crippen molar-refractivity contribution in [1.82, 2.24) is 24.6 Å². The number of hydrogen-bond donors (Lipinski definition) is 0. The number of anilines is 2. The van der Waals surface area contributed by atoms with Gasteiger partial charge in [0.15, 0.2) is 5.82 Å². The van der Waals surface area contributed by atoms with Crippen LogP contribution in [-0.2, 0) is 12.8 Å². The van der Waals surface area contributed by atoms with Crippen LogP contribution < -0.4 is 9.80 Å². The SMILES string of the molecule is Cc1ccc(-c2nc3nc4c(c(N5CCN(c6ccccn6)CC5)n3n2)CCC4)cc1. The lowest BCUT2D eigenvalue weighted by Crippen LogP contribution is -2.47. The first-order valence-electron chi connectivity index (χ1n) is 11.0. The van der Waals surface area contributed by atoms with E-state index in [2.05, 4.69) is 58.1 Å². The zero-order valence-electron chi connectivity index (χ0n) is 17.7. The number of fused-ring (bicyclic) bond motifs is 2. The summed E-state index contributed by atoms with van der Waals surface area (Å²) in [5.74, 6) is 3.68. The van der Waals surface area contributed by atoms with Crippen molar-refractivity contribution in [1.29, 1.82) is 0 Å². The van der Waals surface area contributed by atoms with Crippen LogP contribution in [0.4, 0.5) is 11.6 Å². The minimum Gasteiger partial charge on any atom is -0.353 e. The zero-order chi connectivity index (χ0) is 20.8. The summed E-state index contributed by atoms with van der Waals surface area (Å²) in [6.45, 7) is 5.84. The Balaban J connectivity index is 1.37. The van der Waals surface area contributed by atoms with Gasteiger partial charge in [-0.2, -0.15) is 9.50 Å². The van der Waals surface area contributed by atoms with Crippen LogP contribution in [0.3, 0.4) is 0 Å². The molecule has 3 aromatic heterocycles. The van der Waals surface area contributed by atoms with Crippen molar-refractivity contribution in [3.05, 3.63) is 65.5 Å². The Hall–Kier alpha value is -3.48. The molecular weight excluding hydrogens is 386 g/mol. The van der Waals surface area contributed by atoms with Crippen molar-refractivity contribution in [2.75, 3.05) is 36.0 Å². The van der Waals surface area contributed by atoms with Gasteiger partial charge in [-0.05, 0) is 38.3 Å². The van der Waals surface area contributed by atoms with E-state index < -0.39 is 0 Å². The smallest absolute Gasteiger partial charge is 0.254 e. The van der Waals surface area contributed by atoms with Gasteiger partial charge >= 0.3 is 0 Å². The van der Waals surface area contributed by atoms with Crippen LogP contribution in [0.25, 0.3) is 17.2 Å². The summed E-state index contributed by atoms with van der Waals surface area (Å²) in [6, 6.07) is 14.5. The maximum Gasteiger partial charge on any atom is 0.254 e. The highest BCUT2D eigenvalue weighted by Crippen LogP contribution is 2.32. The van der Waals surface area contributed by atoms with Gasteiger partial charge in [-0.15, -0.1) is 5.10 Å². The molecule has 1 saturated heterocycles. The van der Waals surface area contributed by atoms with Crippen LogP contribution in [0.5, 0.6) is 0 Å². The Morgan fingerprint density at radius 1 is 0.839 bits per heavy atom. The predicted molar refractivity (Wildman–Crippen MR) is 122 cm³/mol. The van der Waals surface area contributed by atoms with Crippen LogP contribution in [-0.4, -0.2) is 50.7 Å². The Kier molecular flexibility index (Phi) is 4.33. The van der Waals surface area contributed by atoms with Crippen molar-refractivity contribution in [2.24, 2.45) is 0 Å². The van der Waals surface area contributed by atoms with Crippen molar-refractivity contribution in [2.45, 2.75) is 26.2 Å². The molecule has 156 valence electrons. The molecule has 0 saturated carbocycles. The molecule has 0 radical (unpaired) electrons. The summed E-state index contributed by atoms with van der Waals surface area (Å²) in [7, 11) is 0. The average Bonchev–Trinajstić information content (AvgIpc) is 3.45. The van der Waals surface area contributed by atoms with Gasteiger partial charge in [0.1, 0.15) is 11.6 Å². The lowest BCUT2D eigenvalue weighted by molar-refractivity contribution is 0.630. The number of aryl methyl sites for hydroxylation is 2. The molecule has 2 aliphatic rings. The molecule has 7 heteroatoms.